The summed E-state index contributed by atoms with van der Waals surface area (Å²) in [6.07, 6.45) is 0.998. The van der Waals surface area contributed by atoms with E-state index in [9.17, 15) is 24.0 Å². The van der Waals surface area contributed by atoms with Gasteiger partial charge in [-0.15, -0.1) is 0 Å². The molecule has 43 heavy (non-hydrogen) atoms. The van der Waals surface area contributed by atoms with Crippen molar-refractivity contribution in [2.45, 2.75) is 57.8 Å². The predicted molar refractivity (Wildman–Crippen MR) is 157 cm³/mol. The van der Waals surface area contributed by atoms with E-state index >= 15 is 0 Å². The fourth-order valence-corrected chi connectivity index (χ4v) is 4.82. The Morgan fingerprint density at radius 2 is 1.51 bits per heavy atom. The molecule has 0 saturated carbocycles. The smallest absolute Gasteiger partial charge is 0.408 e. The molecule has 0 bridgehead atoms. The molecule has 1 unspecified atom stereocenters. The van der Waals surface area contributed by atoms with Crippen LogP contribution in [-0.4, -0.2) is 61.7 Å². The number of carbonyl (C=O) groups is 5. The molecule has 0 fully saturated rings. The van der Waals surface area contributed by atoms with E-state index in [-0.39, 0.29) is 25.0 Å². The van der Waals surface area contributed by atoms with Crippen LogP contribution < -0.4 is 16.0 Å². The molecule has 3 amide bonds. The average molecular weight is 594 g/mol. The minimum atomic E-state index is -1.40. The van der Waals surface area contributed by atoms with Gasteiger partial charge >= 0.3 is 18.0 Å². The Hall–Kier alpha value is -4.67. The SMILES string of the molecule is C=CCOC(=O)C(NC(=O)[C@@H](NC(=O)[C@H](CC(=O)OC)NC(=O)OCc1ccccc1)C1Cc2ccccc2C1)C(C)C. The summed E-state index contributed by atoms with van der Waals surface area (Å²) in [7, 11) is 1.16. The van der Waals surface area contributed by atoms with Gasteiger partial charge in [-0.1, -0.05) is 81.1 Å². The largest absolute Gasteiger partial charge is 0.469 e. The standard InChI is InChI=1S/C32H39N3O8/c1-5-15-42-31(39)27(20(2)3)34-30(38)28(24-16-22-13-9-10-14-23(22)17-24)35-29(37)25(18-26(36)41-4)33-32(40)43-19-21-11-7-6-8-12-21/h5-14,20,24-25,27-28H,1,15-19H2,2-4H3,(H,33,40)(H,34,38)(H,35,37)/t25-,27?,28-/m0/s1. The molecule has 3 N–H and O–H groups in total. The molecule has 11 heteroatoms. The lowest BCUT2D eigenvalue weighted by Crippen LogP contribution is -2.59. The molecule has 0 spiro atoms. The summed E-state index contributed by atoms with van der Waals surface area (Å²) in [5.74, 6) is -3.43. The average Bonchev–Trinajstić information content (AvgIpc) is 3.44. The van der Waals surface area contributed by atoms with Gasteiger partial charge in [-0.25, -0.2) is 9.59 Å². The summed E-state index contributed by atoms with van der Waals surface area (Å²) in [6.45, 7) is 6.99. The Morgan fingerprint density at radius 3 is 2.09 bits per heavy atom. The monoisotopic (exact) mass is 593 g/mol. The number of benzene rings is 2. The normalized spacial score (nSPS) is 14.4. The van der Waals surface area contributed by atoms with Crippen LogP contribution in [0.5, 0.6) is 0 Å². The third-order valence-corrected chi connectivity index (χ3v) is 7.12. The summed E-state index contributed by atoms with van der Waals surface area (Å²) in [6, 6.07) is 13.2. The molecule has 0 radical (unpaired) electrons. The van der Waals surface area contributed by atoms with Crippen LogP contribution in [0.25, 0.3) is 0 Å². The van der Waals surface area contributed by atoms with E-state index in [1.54, 1.807) is 38.1 Å². The van der Waals surface area contributed by atoms with Crippen molar-refractivity contribution < 1.29 is 38.2 Å². The third-order valence-electron chi connectivity index (χ3n) is 7.12. The van der Waals surface area contributed by atoms with Crippen molar-refractivity contribution in [3.05, 3.63) is 83.9 Å². The minimum Gasteiger partial charge on any atom is -0.469 e. The lowest BCUT2D eigenvalue weighted by atomic mass is 9.94. The van der Waals surface area contributed by atoms with E-state index in [4.69, 9.17) is 14.2 Å². The van der Waals surface area contributed by atoms with Crippen molar-refractivity contribution in [3.8, 4) is 0 Å². The summed E-state index contributed by atoms with van der Waals surface area (Å²) < 4.78 is 15.1. The maximum Gasteiger partial charge on any atom is 0.408 e. The van der Waals surface area contributed by atoms with Crippen LogP contribution in [0, 0.1) is 11.8 Å². The Labute approximate surface area is 251 Å². The van der Waals surface area contributed by atoms with E-state index in [1.807, 2.05) is 30.3 Å². The predicted octanol–water partition coefficient (Wildman–Crippen LogP) is 2.61. The van der Waals surface area contributed by atoms with Gasteiger partial charge in [0, 0.05) is 0 Å². The van der Waals surface area contributed by atoms with E-state index < -0.39 is 54.4 Å². The highest BCUT2D eigenvalue weighted by atomic mass is 16.5. The molecular formula is C32H39N3O8. The number of hydrogen-bond acceptors (Lipinski definition) is 8. The molecule has 3 rings (SSSR count). The Balaban J connectivity index is 1.80. The van der Waals surface area contributed by atoms with Crippen LogP contribution in [0.15, 0.2) is 67.3 Å². The number of hydrogen-bond donors (Lipinski definition) is 3. The summed E-state index contributed by atoms with van der Waals surface area (Å²) >= 11 is 0. The van der Waals surface area contributed by atoms with E-state index in [0.717, 1.165) is 23.8 Å². The lowest BCUT2D eigenvalue weighted by Gasteiger charge is -2.29. The van der Waals surface area contributed by atoms with Crippen LogP contribution in [0.1, 0.15) is 37.0 Å². The van der Waals surface area contributed by atoms with Gasteiger partial charge in [0.05, 0.1) is 13.5 Å². The summed E-state index contributed by atoms with van der Waals surface area (Å²) in [5.41, 5.74) is 2.81. The summed E-state index contributed by atoms with van der Waals surface area (Å²) in [5, 5.41) is 7.89. The number of fused-ring (bicyclic) bond motifs is 1. The van der Waals surface area contributed by atoms with Gasteiger partial charge in [0.15, 0.2) is 0 Å². The van der Waals surface area contributed by atoms with E-state index in [2.05, 4.69) is 22.5 Å². The van der Waals surface area contributed by atoms with Gasteiger partial charge < -0.3 is 30.2 Å². The Kier molecular flexibility index (Phi) is 12.3. The fourth-order valence-electron chi connectivity index (χ4n) is 4.82. The Bertz CT molecular complexity index is 1270. The van der Waals surface area contributed by atoms with Crippen molar-refractivity contribution in [1.82, 2.24) is 16.0 Å². The van der Waals surface area contributed by atoms with E-state index in [1.165, 1.54) is 6.08 Å². The van der Waals surface area contributed by atoms with Crippen molar-refractivity contribution >= 4 is 29.8 Å². The number of amides is 3. The van der Waals surface area contributed by atoms with Gasteiger partial charge in [-0.3, -0.25) is 14.4 Å². The number of methoxy groups -OCH3 is 1. The molecule has 2 aromatic carbocycles. The van der Waals surface area contributed by atoms with Crippen LogP contribution in [-0.2, 0) is 52.8 Å². The number of rotatable bonds is 14. The molecule has 11 nitrogen and oxygen atoms in total. The van der Waals surface area contributed by atoms with Crippen molar-refractivity contribution in [1.29, 1.82) is 0 Å². The van der Waals surface area contributed by atoms with Crippen molar-refractivity contribution in [2.75, 3.05) is 13.7 Å². The first-order chi connectivity index (χ1) is 20.6. The van der Waals surface area contributed by atoms with Gasteiger partial charge in [0.2, 0.25) is 11.8 Å². The molecule has 1 aliphatic rings. The molecule has 2 aromatic rings. The number of carbonyl (C=O) groups excluding carboxylic acids is 5. The quantitative estimate of drug-likeness (QED) is 0.172. The molecule has 0 aliphatic heterocycles. The van der Waals surface area contributed by atoms with Crippen LogP contribution in [0.3, 0.4) is 0 Å². The molecule has 230 valence electrons. The minimum absolute atomic E-state index is 0.0166. The van der Waals surface area contributed by atoms with E-state index in [0.29, 0.717) is 12.8 Å². The maximum absolute atomic E-state index is 13.7. The zero-order chi connectivity index (χ0) is 31.4. The van der Waals surface area contributed by atoms with Crippen LogP contribution in [0.2, 0.25) is 0 Å². The van der Waals surface area contributed by atoms with Crippen molar-refractivity contribution in [3.63, 3.8) is 0 Å². The topological polar surface area (TPSA) is 149 Å². The molecule has 0 aromatic heterocycles. The highest BCUT2D eigenvalue weighted by Crippen LogP contribution is 2.29. The first kappa shape index (κ1) is 32.8. The number of ether oxygens (including phenoxy) is 3. The number of esters is 2. The second-order valence-corrected chi connectivity index (χ2v) is 10.6. The van der Waals surface area contributed by atoms with Crippen molar-refractivity contribution in [2.24, 2.45) is 11.8 Å². The zero-order valence-corrected chi connectivity index (χ0v) is 24.7. The first-order valence-electron chi connectivity index (χ1n) is 14.1. The van der Waals surface area contributed by atoms with Gasteiger partial charge in [-0.2, -0.15) is 0 Å². The van der Waals surface area contributed by atoms with Crippen LogP contribution in [0.4, 0.5) is 4.79 Å². The lowest BCUT2D eigenvalue weighted by molar-refractivity contribution is -0.148. The first-order valence-corrected chi connectivity index (χ1v) is 14.1. The van der Waals surface area contributed by atoms with Crippen LogP contribution >= 0.6 is 0 Å². The zero-order valence-electron chi connectivity index (χ0n) is 24.7. The molecule has 1 aliphatic carbocycles. The molecule has 0 heterocycles. The Morgan fingerprint density at radius 1 is 0.884 bits per heavy atom. The molecule has 3 atom stereocenters. The van der Waals surface area contributed by atoms with Gasteiger partial charge in [0.25, 0.3) is 0 Å². The maximum atomic E-state index is 13.7. The van der Waals surface area contributed by atoms with Gasteiger partial charge in [-0.05, 0) is 41.4 Å². The highest BCUT2D eigenvalue weighted by molar-refractivity contribution is 5.95. The van der Waals surface area contributed by atoms with Gasteiger partial charge in [0.1, 0.15) is 31.3 Å². The molecular weight excluding hydrogens is 554 g/mol. The summed E-state index contributed by atoms with van der Waals surface area (Å²) in [4.78, 5) is 64.8. The molecule has 0 saturated heterocycles. The highest BCUT2D eigenvalue weighted by Gasteiger charge is 2.38. The number of alkyl carbamates (subject to hydrolysis) is 1. The fraction of sp³-hybridized carbons (Fsp3) is 0.406. The second-order valence-electron chi connectivity index (χ2n) is 10.6. The third kappa shape index (κ3) is 9.69. The second kappa shape index (κ2) is 16.1. The number of nitrogens with one attached hydrogen (secondary N) is 3.